The molecule has 1 aromatic heterocycles. The van der Waals surface area contributed by atoms with Crippen molar-refractivity contribution < 1.29 is 14.3 Å². The third-order valence-electron chi connectivity index (χ3n) is 2.13. The molecule has 0 saturated carbocycles. The summed E-state index contributed by atoms with van der Waals surface area (Å²) in [4.78, 5) is 27.1. The molecular weight excluding hydrogens is 208 g/mol. The molecule has 0 bridgehead atoms. The maximum atomic E-state index is 11.7. The van der Waals surface area contributed by atoms with E-state index in [1.807, 2.05) is 0 Å². The number of H-pyrrole nitrogens is 1. The molecule has 0 aliphatic heterocycles. The molecule has 5 nitrogen and oxygen atoms in total. The standard InChI is InChI=1S/C11H16N2O3/c1-3-16-10(14)6-8-13(2)11(15)9-5-4-7-12-9/h4-5,7,12H,3,6,8H2,1-2H3. The lowest BCUT2D eigenvalue weighted by molar-refractivity contribution is -0.143. The van der Waals surface area contributed by atoms with Crippen LogP contribution in [0.2, 0.25) is 0 Å². The molecule has 1 aromatic rings. The van der Waals surface area contributed by atoms with E-state index in [0.29, 0.717) is 18.8 Å². The predicted molar refractivity (Wildman–Crippen MR) is 59.0 cm³/mol. The van der Waals surface area contributed by atoms with Gasteiger partial charge in [0.2, 0.25) is 0 Å². The summed E-state index contributed by atoms with van der Waals surface area (Å²) >= 11 is 0. The summed E-state index contributed by atoms with van der Waals surface area (Å²) in [5.74, 6) is -0.414. The topological polar surface area (TPSA) is 62.4 Å². The van der Waals surface area contributed by atoms with Crippen molar-refractivity contribution >= 4 is 11.9 Å². The van der Waals surface area contributed by atoms with Crippen molar-refractivity contribution in [3.05, 3.63) is 24.0 Å². The Morgan fingerprint density at radius 3 is 2.81 bits per heavy atom. The highest BCUT2D eigenvalue weighted by atomic mass is 16.5. The minimum atomic E-state index is -0.284. The normalized spacial score (nSPS) is 9.88. The fourth-order valence-corrected chi connectivity index (χ4v) is 1.26. The lowest BCUT2D eigenvalue weighted by atomic mass is 10.3. The van der Waals surface area contributed by atoms with Gasteiger partial charge in [0.15, 0.2) is 0 Å². The van der Waals surface area contributed by atoms with Gasteiger partial charge in [0, 0.05) is 19.8 Å². The Morgan fingerprint density at radius 1 is 1.50 bits per heavy atom. The van der Waals surface area contributed by atoms with Gasteiger partial charge in [0.05, 0.1) is 13.0 Å². The van der Waals surface area contributed by atoms with Crippen molar-refractivity contribution in [1.82, 2.24) is 9.88 Å². The monoisotopic (exact) mass is 224 g/mol. The average Bonchev–Trinajstić information content (AvgIpc) is 2.78. The van der Waals surface area contributed by atoms with Gasteiger partial charge in [0.25, 0.3) is 5.91 Å². The van der Waals surface area contributed by atoms with Crippen molar-refractivity contribution in [2.45, 2.75) is 13.3 Å². The molecule has 1 heterocycles. The summed E-state index contributed by atoms with van der Waals surface area (Å²) in [6, 6.07) is 3.45. The minimum absolute atomic E-state index is 0.130. The van der Waals surface area contributed by atoms with Crippen LogP contribution < -0.4 is 0 Å². The van der Waals surface area contributed by atoms with Gasteiger partial charge in [-0.15, -0.1) is 0 Å². The highest BCUT2D eigenvalue weighted by Gasteiger charge is 2.13. The van der Waals surface area contributed by atoms with Crippen LogP contribution >= 0.6 is 0 Å². The summed E-state index contributed by atoms with van der Waals surface area (Å²) in [5.41, 5.74) is 0.520. The van der Waals surface area contributed by atoms with E-state index in [4.69, 9.17) is 4.74 Å². The molecule has 0 saturated heterocycles. The fraction of sp³-hybridized carbons (Fsp3) is 0.455. The van der Waals surface area contributed by atoms with Crippen molar-refractivity contribution in [3.8, 4) is 0 Å². The molecule has 0 fully saturated rings. The number of nitrogens with one attached hydrogen (secondary N) is 1. The third kappa shape index (κ3) is 3.42. The number of nitrogens with zero attached hydrogens (tertiary/aromatic N) is 1. The molecule has 5 heteroatoms. The number of aromatic nitrogens is 1. The number of carbonyl (C=O) groups excluding carboxylic acids is 2. The highest BCUT2D eigenvalue weighted by molar-refractivity contribution is 5.92. The van der Waals surface area contributed by atoms with Crippen LogP contribution in [0.4, 0.5) is 0 Å². The summed E-state index contributed by atoms with van der Waals surface area (Å²) in [7, 11) is 1.66. The molecule has 1 rings (SSSR count). The molecule has 0 atom stereocenters. The van der Waals surface area contributed by atoms with Gasteiger partial charge in [-0.1, -0.05) is 0 Å². The molecule has 0 aliphatic carbocycles. The van der Waals surface area contributed by atoms with Gasteiger partial charge in [-0.05, 0) is 19.1 Å². The SMILES string of the molecule is CCOC(=O)CCN(C)C(=O)c1ccc[nH]1. The first-order valence-electron chi connectivity index (χ1n) is 5.19. The molecule has 0 aromatic carbocycles. The second-order valence-corrected chi connectivity index (χ2v) is 3.37. The van der Waals surface area contributed by atoms with E-state index < -0.39 is 0 Å². The number of amides is 1. The number of esters is 1. The molecular formula is C11H16N2O3. The van der Waals surface area contributed by atoms with Crippen LogP contribution in [-0.4, -0.2) is 42.0 Å². The van der Waals surface area contributed by atoms with Crippen molar-refractivity contribution in [1.29, 1.82) is 0 Å². The molecule has 0 radical (unpaired) electrons. The number of hydrogen-bond acceptors (Lipinski definition) is 3. The second kappa shape index (κ2) is 5.95. The first-order chi connectivity index (χ1) is 7.65. The largest absolute Gasteiger partial charge is 0.466 e. The van der Waals surface area contributed by atoms with Crippen LogP contribution in [0.25, 0.3) is 0 Å². The van der Waals surface area contributed by atoms with Gasteiger partial charge in [-0.3, -0.25) is 9.59 Å². The summed E-state index contributed by atoms with van der Waals surface area (Å²) in [5, 5.41) is 0. The van der Waals surface area contributed by atoms with Crippen LogP contribution in [0.5, 0.6) is 0 Å². The Hall–Kier alpha value is -1.78. The van der Waals surface area contributed by atoms with E-state index >= 15 is 0 Å². The minimum Gasteiger partial charge on any atom is -0.466 e. The predicted octanol–water partition coefficient (Wildman–Crippen LogP) is 1.04. The summed E-state index contributed by atoms with van der Waals surface area (Å²) in [6.07, 6.45) is 1.91. The third-order valence-corrected chi connectivity index (χ3v) is 2.13. The van der Waals surface area contributed by atoms with Gasteiger partial charge in [-0.2, -0.15) is 0 Å². The zero-order valence-electron chi connectivity index (χ0n) is 9.53. The molecule has 0 aliphatic rings. The van der Waals surface area contributed by atoms with Gasteiger partial charge < -0.3 is 14.6 Å². The lowest BCUT2D eigenvalue weighted by Gasteiger charge is -2.15. The Kier molecular flexibility index (Phi) is 4.57. The van der Waals surface area contributed by atoms with Gasteiger partial charge >= 0.3 is 5.97 Å². The lowest BCUT2D eigenvalue weighted by Crippen LogP contribution is -2.29. The van der Waals surface area contributed by atoms with E-state index in [1.165, 1.54) is 4.90 Å². The summed E-state index contributed by atoms with van der Waals surface area (Å²) in [6.45, 7) is 2.48. The maximum absolute atomic E-state index is 11.7. The molecule has 0 spiro atoms. The molecule has 1 N–H and O–H groups in total. The van der Waals surface area contributed by atoms with E-state index in [-0.39, 0.29) is 18.3 Å². The van der Waals surface area contributed by atoms with Crippen LogP contribution in [-0.2, 0) is 9.53 Å². The Morgan fingerprint density at radius 2 is 2.25 bits per heavy atom. The number of rotatable bonds is 5. The van der Waals surface area contributed by atoms with Crippen molar-refractivity contribution in [3.63, 3.8) is 0 Å². The molecule has 16 heavy (non-hydrogen) atoms. The Balaban J connectivity index is 2.38. The fourth-order valence-electron chi connectivity index (χ4n) is 1.26. The van der Waals surface area contributed by atoms with Crippen molar-refractivity contribution in [2.24, 2.45) is 0 Å². The van der Waals surface area contributed by atoms with Crippen LogP contribution in [0.3, 0.4) is 0 Å². The number of aromatic amines is 1. The Labute approximate surface area is 94.4 Å². The smallest absolute Gasteiger partial charge is 0.307 e. The second-order valence-electron chi connectivity index (χ2n) is 3.37. The quantitative estimate of drug-likeness (QED) is 0.760. The number of ether oxygens (including phenoxy) is 1. The zero-order valence-corrected chi connectivity index (χ0v) is 9.53. The zero-order chi connectivity index (χ0) is 12.0. The van der Waals surface area contributed by atoms with Gasteiger partial charge in [-0.25, -0.2) is 0 Å². The van der Waals surface area contributed by atoms with E-state index in [2.05, 4.69) is 4.98 Å². The van der Waals surface area contributed by atoms with E-state index in [9.17, 15) is 9.59 Å². The molecule has 1 amide bonds. The average molecular weight is 224 g/mol. The van der Waals surface area contributed by atoms with E-state index in [1.54, 1.807) is 32.3 Å². The summed E-state index contributed by atoms with van der Waals surface area (Å²) < 4.78 is 4.78. The molecule has 0 unspecified atom stereocenters. The maximum Gasteiger partial charge on any atom is 0.307 e. The first-order valence-corrected chi connectivity index (χ1v) is 5.19. The van der Waals surface area contributed by atoms with Crippen LogP contribution in [0.15, 0.2) is 18.3 Å². The van der Waals surface area contributed by atoms with E-state index in [0.717, 1.165) is 0 Å². The Bertz CT molecular complexity index is 346. The van der Waals surface area contributed by atoms with Crippen molar-refractivity contribution in [2.75, 3.05) is 20.2 Å². The van der Waals surface area contributed by atoms with Crippen LogP contribution in [0, 0.1) is 0 Å². The number of hydrogen-bond donors (Lipinski definition) is 1. The molecule has 88 valence electrons. The first kappa shape index (κ1) is 12.3. The highest BCUT2D eigenvalue weighted by Crippen LogP contribution is 2.01. The van der Waals surface area contributed by atoms with Gasteiger partial charge in [0.1, 0.15) is 5.69 Å². The van der Waals surface area contributed by atoms with Crippen LogP contribution in [0.1, 0.15) is 23.8 Å². The number of carbonyl (C=O) groups is 2.